The molecule has 2 aromatic heterocycles. The van der Waals surface area contributed by atoms with E-state index in [-0.39, 0.29) is 0 Å². The van der Waals surface area contributed by atoms with Crippen LogP contribution >= 0.6 is 0 Å². The normalized spacial score (nSPS) is 20.2. The van der Waals surface area contributed by atoms with E-state index in [9.17, 15) is 28.8 Å². The maximum atomic E-state index is 10.2. The molecule has 102 heavy (non-hydrogen) atoms. The minimum atomic E-state index is -1.10. The van der Waals surface area contributed by atoms with Gasteiger partial charge < -0.3 is 8.83 Å². The number of hydrogen-bond donors (Lipinski definition) is 0. The number of benzene rings is 20. The van der Waals surface area contributed by atoms with Crippen LogP contribution in [0.1, 0.15) is 82.2 Å². The van der Waals surface area contributed by atoms with Crippen LogP contribution in [-0.2, 0) is 0 Å². The molecule has 0 unspecified atom stereocenters. The first-order chi connectivity index (χ1) is 75.6. The molecule has 472 valence electrons. The van der Waals surface area contributed by atoms with Gasteiger partial charge in [0, 0.05) is 21.5 Å². The highest BCUT2D eigenvalue weighted by Gasteiger charge is 2.25. The molecule has 0 saturated heterocycles. The zero-order valence-corrected chi connectivity index (χ0v) is 50.8. The van der Waals surface area contributed by atoms with Crippen molar-refractivity contribution in [2.75, 3.05) is 0 Å². The van der Waals surface area contributed by atoms with Crippen molar-refractivity contribution in [1.29, 1.82) is 0 Å². The Morgan fingerprint density at radius 3 is 0.863 bits per heavy atom. The quantitative estimate of drug-likeness (QED) is 0.155. The van der Waals surface area contributed by atoms with Crippen molar-refractivity contribution in [3.8, 4) is 66.8 Å². The summed E-state index contributed by atoms with van der Waals surface area (Å²) in [6.07, 6.45) is 0. The van der Waals surface area contributed by atoms with Crippen LogP contribution in [0.5, 0.6) is 0 Å². The fourth-order valence-corrected chi connectivity index (χ4v) is 12.8. The summed E-state index contributed by atoms with van der Waals surface area (Å²) in [7, 11) is 0. The Kier molecular flexibility index (Phi) is 5.42. The van der Waals surface area contributed by atoms with E-state index in [4.69, 9.17) is 62.3 Å². The van der Waals surface area contributed by atoms with E-state index in [0.29, 0.717) is 0 Å². The standard InChI is InChI=1S/2C50H30O/c1-2-15-34-29-44(43(28-33(34)14-1)35-25-26-46-45(30-35)50-37-18-6-4-13-32(37)24-27-47(50)51-46)49-41-21-9-7-19-39(41)48(40-20-8-10-22-42(40)49)38-23-11-16-31-12-3-5-17-36(31)38;1-2-13-33-27-37(22-21-31(33)11-1)48-39-17-7-9-19-41(39)49(42-20-10-8-18-40(42)48)44-29-35-15-4-3-14-34(35)28-43(44)36-24-25-46-45(30-36)50-38-16-6-5-12-32(38)23-26-47(50)51-46/h2*1-30H/i2*1D,2D,3D,4D,5D,6D,7D,8D,9D,10D,11D,12D,13D,14D,15D,16D,17D,18D,19D,20D,21D,22D,23D,24D,25D,26D,27D,28D,29D,30D. The van der Waals surface area contributed by atoms with Crippen LogP contribution in [0.2, 0.25) is 0 Å². The fourth-order valence-electron chi connectivity index (χ4n) is 12.8. The Hall–Kier alpha value is -13.4. The SMILES string of the molecule is [2H]c1c(-c2c(-c3c4c([2H])c([2H])c([2H])c([2H])c4c(-c4c([2H])c([2H])c([2H])c5c([2H])c([2H])c([2H])c([2H])c45)c4c([2H])c([2H])c([2H])c([2H])c34)c([2H])c3c([2H])c([2H])c([2H])c([2H])c3c2[2H])c([2H])c2c(oc3c([2H])c([2H])c4c([2H])c([2H])c([2H])c([2H])c4c32)c1[2H].[2H]c1c(-c2c(-c3c4c([2H])c([2H])c([2H])c([2H])c4c(-c4c([2H])c([2H])c5c([2H])c([2H])c([2H])c([2H])c5c4[2H])c4c([2H])c([2H])c([2H])c([2H])c34)c([2H])c3c([2H])c([2H])c([2H])c([2H])c3c2[2H])c([2H])c2c(oc3c([2H])c([2H])c4c([2H])c([2H])c([2H])c([2H])c4c32)c1[2H]. The summed E-state index contributed by atoms with van der Waals surface area (Å²) in [5.41, 5.74) is -13.1. The first-order valence-electron chi connectivity index (χ1n) is 60.3. The Bertz CT molecular complexity index is 10900. The lowest BCUT2D eigenvalue weighted by Crippen LogP contribution is -1.94. The number of hydrogen-bond acceptors (Lipinski definition) is 2. The van der Waals surface area contributed by atoms with E-state index in [1.807, 2.05) is 0 Å². The summed E-state index contributed by atoms with van der Waals surface area (Å²) < 4.78 is 562. The number of furan rings is 2. The van der Waals surface area contributed by atoms with Gasteiger partial charge in [-0.15, -0.1) is 0 Å². The van der Waals surface area contributed by atoms with E-state index < -0.39 is 581 Å². The highest BCUT2D eigenvalue weighted by molar-refractivity contribution is 6.28. The van der Waals surface area contributed by atoms with E-state index >= 15 is 0 Å². The molecule has 22 aromatic rings. The molecule has 0 aliphatic heterocycles. The van der Waals surface area contributed by atoms with Crippen LogP contribution in [0.25, 0.3) is 218 Å². The summed E-state index contributed by atoms with van der Waals surface area (Å²) in [4.78, 5) is 0. The largest absolute Gasteiger partial charge is 0.456 e. The molecule has 0 aliphatic carbocycles. The van der Waals surface area contributed by atoms with Gasteiger partial charge in [-0.1, -0.05) is 296 Å². The molecular formula is C100H60O2. The second-order valence-corrected chi connectivity index (χ2v) is 22.5. The third kappa shape index (κ3) is 9.13. The topological polar surface area (TPSA) is 26.3 Å². The predicted molar refractivity (Wildman–Crippen MR) is 435 cm³/mol. The van der Waals surface area contributed by atoms with Crippen LogP contribution in [-0.4, -0.2) is 0 Å². The van der Waals surface area contributed by atoms with Gasteiger partial charge in [-0.05, 0) is 241 Å². The van der Waals surface area contributed by atoms with Crippen LogP contribution in [0.4, 0.5) is 0 Å². The molecule has 0 bridgehead atoms. The molecule has 22 rings (SSSR count). The summed E-state index contributed by atoms with van der Waals surface area (Å²) in [6.45, 7) is 0. The average molecular weight is 1350 g/mol. The van der Waals surface area contributed by atoms with Gasteiger partial charge in [0.1, 0.15) is 22.3 Å². The van der Waals surface area contributed by atoms with Gasteiger partial charge in [-0.2, -0.15) is 0 Å². The maximum Gasteiger partial charge on any atom is 0.136 e. The molecule has 0 atom stereocenters. The molecule has 0 spiro atoms. The smallest absolute Gasteiger partial charge is 0.136 e. The second kappa shape index (κ2) is 23.1. The monoisotopic (exact) mass is 1350 g/mol. The molecule has 0 radical (unpaired) electrons. The van der Waals surface area contributed by atoms with Gasteiger partial charge in [-0.3, -0.25) is 0 Å². The molecule has 0 fully saturated rings. The third-order valence-corrected chi connectivity index (χ3v) is 17.1. The van der Waals surface area contributed by atoms with Gasteiger partial charge in [0.15, 0.2) is 0 Å². The van der Waals surface area contributed by atoms with Crippen molar-refractivity contribution < 1.29 is 91.1 Å². The van der Waals surface area contributed by atoms with E-state index in [1.54, 1.807) is 0 Å². The van der Waals surface area contributed by atoms with Crippen molar-refractivity contribution in [2.24, 2.45) is 0 Å². The lowest BCUT2D eigenvalue weighted by Gasteiger charge is -2.21. The molecule has 0 saturated carbocycles. The maximum absolute atomic E-state index is 10.2. The number of fused-ring (bicyclic) bond motifs is 18. The highest BCUT2D eigenvalue weighted by Crippen LogP contribution is 2.52. The third-order valence-electron chi connectivity index (χ3n) is 17.1. The predicted octanol–water partition coefficient (Wildman–Crippen LogP) is 28.7. The van der Waals surface area contributed by atoms with Gasteiger partial charge in [-0.25, -0.2) is 0 Å². The molecular weight excluding hydrogens is 1230 g/mol. The molecule has 2 nitrogen and oxygen atoms in total. The van der Waals surface area contributed by atoms with E-state index in [0.717, 1.165) is 0 Å². The summed E-state index contributed by atoms with van der Waals surface area (Å²) in [6, 6.07) is -58.1. The van der Waals surface area contributed by atoms with Crippen LogP contribution in [0.15, 0.2) is 371 Å². The molecule has 0 aliphatic rings. The molecule has 20 aromatic carbocycles. The van der Waals surface area contributed by atoms with Crippen molar-refractivity contribution in [1.82, 2.24) is 0 Å². The molecule has 2 heterocycles. The minimum Gasteiger partial charge on any atom is -0.456 e. The minimum absolute atomic E-state index is 0.468. The summed E-state index contributed by atoms with van der Waals surface area (Å²) in [5, 5.41) is -16.7. The van der Waals surface area contributed by atoms with Crippen LogP contribution in [0.3, 0.4) is 0 Å². The Morgan fingerprint density at radius 1 is 0.157 bits per heavy atom. The van der Waals surface area contributed by atoms with Crippen molar-refractivity contribution in [3.05, 3.63) is 363 Å². The average Bonchev–Trinajstić information content (AvgIpc) is 0.736. The first-order valence-corrected chi connectivity index (χ1v) is 30.3. The zero-order valence-electron chi connectivity index (χ0n) is 111. The Labute approximate surface area is 671 Å². The van der Waals surface area contributed by atoms with Crippen molar-refractivity contribution in [3.63, 3.8) is 0 Å². The van der Waals surface area contributed by atoms with Gasteiger partial charge >= 0.3 is 0 Å². The van der Waals surface area contributed by atoms with Gasteiger partial charge in [0.05, 0.1) is 82.2 Å². The van der Waals surface area contributed by atoms with Crippen LogP contribution in [0, 0.1) is 0 Å². The number of rotatable bonds is 6. The lowest BCUT2D eigenvalue weighted by molar-refractivity contribution is 0.669. The van der Waals surface area contributed by atoms with E-state index in [1.165, 1.54) is 0 Å². The van der Waals surface area contributed by atoms with Crippen molar-refractivity contribution in [2.45, 2.75) is 0 Å². The first kappa shape index (κ1) is 23.9. The fraction of sp³-hybridized carbons (Fsp3) is 0. The Balaban J connectivity index is 0.000000186. The lowest BCUT2D eigenvalue weighted by atomic mass is 9.82. The highest BCUT2D eigenvalue weighted by atomic mass is 16.3. The summed E-state index contributed by atoms with van der Waals surface area (Å²) in [5.74, 6) is 0. The summed E-state index contributed by atoms with van der Waals surface area (Å²) >= 11 is 0. The molecule has 0 N–H and O–H groups in total. The van der Waals surface area contributed by atoms with Crippen LogP contribution < -0.4 is 0 Å². The van der Waals surface area contributed by atoms with Gasteiger partial charge in [0.25, 0.3) is 0 Å². The molecule has 0 amide bonds. The van der Waals surface area contributed by atoms with E-state index in [2.05, 4.69) is 0 Å². The second-order valence-electron chi connectivity index (χ2n) is 22.5. The Morgan fingerprint density at radius 2 is 0.441 bits per heavy atom. The molecule has 2 heteroatoms. The van der Waals surface area contributed by atoms with Gasteiger partial charge in [0.2, 0.25) is 0 Å². The van der Waals surface area contributed by atoms with Crippen molar-refractivity contribution >= 4 is 152 Å². The zero-order chi connectivity index (χ0) is 119.